The molecule has 160 valence electrons. The van der Waals surface area contributed by atoms with Crippen molar-refractivity contribution in [1.29, 1.82) is 0 Å². The molecule has 11 heteroatoms. The maximum absolute atomic E-state index is 12.4. The fourth-order valence-electron chi connectivity index (χ4n) is 3.65. The molecular weight excluding hydrogens is 416 g/mol. The van der Waals surface area contributed by atoms with Gasteiger partial charge in [0.2, 0.25) is 11.8 Å². The van der Waals surface area contributed by atoms with Crippen molar-refractivity contribution in [2.75, 3.05) is 25.5 Å². The summed E-state index contributed by atoms with van der Waals surface area (Å²) in [5.41, 5.74) is -0.111. The number of halogens is 1. The molecule has 1 N–H and O–H groups in total. The molecule has 0 saturated carbocycles. The first-order valence-corrected chi connectivity index (χ1v) is 10.1. The van der Waals surface area contributed by atoms with E-state index < -0.39 is 16.7 Å². The third-order valence-corrected chi connectivity index (χ3v) is 5.51. The lowest BCUT2D eigenvalue weighted by molar-refractivity contribution is -0.384. The van der Waals surface area contributed by atoms with Gasteiger partial charge in [-0.3, -0.25) is 34.2 Å². The van der Waals surface area contributed by atoms with Gasteiger partial charge in [0.1, 0.15) is 5.88 Å². The molecule has 0 aromatic heterocycles. The number of hydrogen-bond donors (Lipinski definition) is 1. The highest BCUT2D eigenvalue weighted by atomic mass is 35.5. The monoisotopic (exact) mass is 436 g/mol. The molecule has 1 aromatic rings. The quantitative estimate of drug-likeness (QED) is 0.297. The first-order valence-electron chi connectivity index (χ1n) is 9.59. The predicted octanol–water partition coefficient (Wildman–Crippen LogP) is 1.32. The Balaban J connectivity index is 1.46. The van der Waals surface area contributed by atoms with E-state index in [-0.39, 0.29) is 59.9 Å². The molecule has 0 spiro atoms. The van der Waals surface area contributed by atoms with E-state index in [1.165, 1.54) is 12.1 Å². The highest BCUT2D eigenvalue weighted by Crippen LogP contribution is 2.27. The van der Waals surface area contributed by atoms with Crippen LogP contribution in [0.4, 0.5) is 5.69 Å². The fraction of sp³-hybridized carbons (Fsp3) is 0.474. The van der Waals surface area contributed by atoms with Gasteiger partial charge >= 0.3 is 0 Å². The molecule has 10 nitrogen and oxygen atoms in total. The van der Waals surface area contributed by atoms with Crippen LogP contribution >= 0.6 is 11.6 Å². The predicted molar refractivity (Wildman–Crippen MR) is 106 cm³/mol. The summed E-state index contributed by atoms with van der Waals surface area (Å²) >= 11 is 5.55. The van der Waals surface area contributed by atoms with Gasteiger partial charge in [-0.2, -0.15) is 0 Å². The van der Waals surface area contributed by atoms with Gasteiger partial charge in [-0.1, -0.05) is 0 Å². The van der Waals surface area contributed by atoms with Crippen molar-refractivity contribution < 1.29 is 24.1 Å². The van der Waals surface area contributed by atoms with Crippen LogP contribution in [-0.4, -0.2) is 69.9 Å². The topological polar surface area (TPSA) is 130 Å². The largest absolute Gasteiger partial charge is 0.353 e. The Kier molecular flexibility index (Phi) is 6.66. The highest BCUT2D eigenvalue weighted by Gasteiger charge is 2.36. The number of carbonyl (C=O) groups is 4. The number of non-ortho nitro benzene ring substituents is 1. The molecule has 1 fully saturated rings. The summed E-state index contributed by atoms with van der Waals surface area (Å²) < 4.78 is 0. The van der Waals surface area contributed by atoms with E-state index in [1.807, 2.05) is 0 Å². The number of nitrogens with one attached hydrogen (secondary N) is 1. The fourth-order valence-corrected chi connectivity index (χ4v) is 3.82. The zero-order valence-corrected chi connectivity index (χ0v) is 16.9. The van der Waals surface area contributed by atoms with Crippen LogP contribution in [0.2, 0.25) is 0 Å². The minimum absolute atomic E-state index is 0.0110. The molecule has 4 amide bonds. The number of nitrogens with zero attached hydrogens (tertiary/aromatic N) is 3. The van der Waals surface area contributed by atoms with Crippen LogP contribution in [0, 0.1) is 10.1 Å². The summed E-state index contributed by atoms with van der Waals surface area (Å²) in [6.45, 7) is 1.13. The van der Waals surface area contributed by atoms with Crippen molar-refractivity contribution >= 4 is 40.9 Å². The maximum atomic E-state index is 12.4. The van der Waals surface area contributed by atoms with E-state index in [0.717, 1.165) is 11.0 Å². The molecule has 1 aromatic carbocycles. The van der Waals surface area contributed by atoms with E-state index in [2.05, 4.69) is 5.32 Å². The highest BCUT2D eigenvalue weighted by molar-refractivity contribution is 6.27. The number of fused-ring (bicyclic) bond motifs is 1. The number of piperidine rings is 1. The molecule has 1 saturated heterocycles. The SMILES string of the molecule is O=C(CCCN1C(=O)c2ccc([N+](=O)[O-])cc2C1=O)NC1CCN(C(=O)CCl)CC1. The third-order valence-electron chi connectivity index (χ3n) is 5.28. The van der Waals surface area contributed by atoms with Gasteiger partial charge in [0, 0.05) is 44.2 Å². The van der Waals surface area contributed by atoms with Gasteiger partial charge in [-0.25, -0.2) is 0 Å². The maximum Gasteiger partial charge on any atom is 0.270 e. The Labute approximate surface area is 177 Å². The summed E-state index contributed by atoms with van der Waals surface area (Å²) in [6, 6.07) is 3.54. The molecule has 0 aliphatic carbocycles. The smallest absolute Gasteiger partial charge is 0.270 e. The van der Waals surface area contributed by atoms with Crippen LogP contribution in [0.1, 0.15) is 46.4 Å². The van der Waals surface area contributed by atoms with Crippen LogP contribution in [0.25, 0.3) is 0 Å². The average Bonchev–Trinajstić information content (AvgIpc) is 2.98. The number of hydrogen-bond acceptors (Lipinski definition) is 6. The van der Waals surface area contributed by atoms with Gasteiger partial charge in [0.25, 0.3) is 17.5 Å². The van der Waals surface area contributed by atoms with Crippen LogP contribution in [0.15, 0.2) is 18.2 Å². The summed E-state index contributed by atoms with van der Waals surface area (Å²) in [5.74, 6) is -1.46. The lowest BCUT2D eigenvalue weighted by atomic mass is 10.0. The second-order valence-electron chi connectivity index (χ2n) is 7.21. The molecule has 2 heterocycles. The number of carbonyl (C=O) groups excluding carboxylic acids is 4. The second-order valence-corrected chi connectivity index (χ2v) is 7.48. The Hall–Kier alpha value is -3.01. The van der Waals surface area contributed by atoms with E-state index in [1.54, 1.807) is 4.90 Å². The average molecular weight is 437 g/mol. The van der Waals surface area contributed by atoms with Crippen LogP contribution in [-0.2, 0) is 9.59 Å². The van der Waals surface area contributed by atoms with Crippen molar-refractivity contribution in [2.24, 2.45) is 0 Å². The zero-order valence-electron chi connectivity index (χ0n) is 16.1. The van der Waals surface area contributed by atoms with Crippen molar-refractivity contribution in [3.05, 3.63) is 39.4 Å². The van der Waals surface area contributed by atoms with Crippen LogP contribution < -0.4 is 5.32 Å². The first kappa shape index (κ1) is 21.7. The second kappa shape index (κ2) is 9.21. The number of likely N-dealkylation sites (tertiary alicyclic amines) is 1. The number of nitro groups is 1. The summed E-state index contributed by atoms with van der Waals surface area (Å²) in [7, 11) is 0. The number of rotatable bonds is 7. The van der Waals surface area contributed by atoms with E-state index in [9.17, 15) is 29.3 Å². The van der Waals surface area contributed by atoms with E-state index >= 15 is 0 Å². The Morgan fingerprint density at radius 3 is 2.47 bits per heavy atom. The number of amides is 4. The molecular formula is C19H21ClN4O6. The van der Waals surface area contributed by atoms with Gasteiger partial charge in [-0.15, -0.1) is 11.6 Å². The molecule has 2 aliphatic rings. The van der Waals surface area contributed by atoms with Gasteiger partial charge in [0.05, 0.1) is 16.1 Å². The molecule has 30 heavy (non-hydrogen) atoms. The van der Waals surface area contributed by atoms with Crippen molar-refractivity contribution in [3.8, 4) is 0 Å². The first-order chi connectivity index (χ1) is 14.3. The zero-order chi connectivity index (χ0) is 21.8. The number of alkyl halides is 1. The van der Waals surface area contributed by atoms with E-state index in [0.29, 0.717) is 25.9 Å². The molecule has 0 radical (unpaired) electrons. The van der Waals surface area contributed by atoms with Crippen molar-refractivity contribution in [2.45, 2.75) is 31.7 Å². The minimum Gasteiger partial charge on any atom is -0.353 e. The van der Waals surface area contributed by atoms with Gasteiger partial charge in [0.15, 0.2) is 0 Å². The summed E-state index contributed by atoms with van der Waals surface area (Å²) in [5, 5.41) is 13.8. The normalized spacial score (nSPS) is 16.6. The van der Waals surface area contributed by atoms with Crippen LogP contribution in [0.3, 0.4) is 0 Å². The molecule has 0 unspecified atom stereocenters. The Bertz CT molecular complexity index is 897. The van der Waals surface area contributed by atoms with Crippen molar-refractivity contribution in [1.82, 2.24) is 15.1 Å². The lowest BCUT2D eigenvalue weighted by Gasteiger charge is -2.32. The summed E-state index contributed by atoms with van der Waals surface area (Å²) in [4.78, 5) is 61.5. The Morgan fingerprint density at radius 1 is 1.17 bits per heavy atom. The standard InChI is InChI=1S/C19H21ClN4O6/c20-11-17(26)22-8-5-12(6-9-22)21-16(25)2-1-7-23-18(27)14-4-3-13(24(29)30)10-15(14)19(23)28/h3-4,10,12H,1-2,5-9,11H2,(H,21,25). The van der Waals surface area contributed by atoms with Crippen molar-refractivity contribution in [3.63, 3.8) is 0 Å². The molecule has 0 bridgehead atoms. The minimum atomic E-state index is -0.624. The lowest BCUT2D eigenvalue weighted by Crippen LogP contribution is -2.47. The number of nitro benzene ring substituents is 1. The molecule has 0 atom stereocenters. The number of benzene rings is 1. The molecule has 3 rings (SSSR count). The number of imide groups is 1. The Morgan fingerprint density at radius 2 is 1.83 bits per heavy atom. The third kappa shape index (κ3) is 4.59. The molecule has 2 aliphatic heterocycles. The van der Waals surface area contributed by atoms with Gasteiger partial charge < -0.3 is 10.2 Å². The van der Waals surface area contributed by atoms with E-state index in [4.69, 9.17) is 11.6 Å². The summed E-state index contributed by atoms with van der Waals surface area (Å²) in [6.07, 6.45) is 1.70. The van der Waals surface area contributed by atoms with Gasteiger partial charge in [-0.05, 0) is 25.3 Å². The van der Waals surface area contributed by atoms with Crippen LogP contribution in [0.5, 0.6) is 0 Å².